The minimum Gasteiger partial charge on any atom is -0.497 e. The molecule has 0 amide bonds. The molecular formula is C21H30IN5O. The summed E-state index contributed by atoms with van der Waals surface area (Å²) >= 11 is 0. The number of anilines is 1. The van der Waals surface area contributed by atoms with Crippen molar-refractivity contribution >= 4 is 35.8 Å². The average molecular weight is 495 g/mol. The molecule has 1 aliphatic rings. The Morgan fingerprint density at radius 1 is 1.04 bits per heavy atom. The lowest BCUT2D eigenvalue weighted by molar-refractivity contribution is 0.414. The van der Waals surface area contributed by atoms with E-state index in [0.717, 1.165) is 30.6 Å². The van der Waals surface area contributed by atoms with E-state index in [1.54, 1.807) is 14.2 Å². The van der Waals surface area contributed by atoms with Crippen molar-refractivity contribution in [3.05, 3.63) is 53.7 Å². The molecule has 2 heterocycles. The number of rotatable bonds is 6. The van der Waals surface area contributed by atoms with E-state index in [9.17, 15) is 0 Å². The molecule has 0 bridgehead atoms. The maximum absolute atomic E-state index is 5.19. The zero-order valence-electron chi connectivity index (χ0n) is 16.6. The van der Waals surface area contributed by atoms with Gasteiger partial charge in [-0.25, -0.2) is 4.98 Å². The van der Waals surface area contributed by atoms with E-state index in [1.807, 2.05) is 30.5 Å². The minimum absolute atomic E-state index is 0. The minimum atomic E-state index is 0. The Balaban J connectivity index is 0.00000280. The number of benzene rings is 1. The molecule has 28 heavy (non-hydrogen) atoms. The van der Waals surface area contributed by atoms with E-state index in [4.69, 9.17) is 4.74 Å². The molecular weight excluding hydrogens is 465 g/mol. The fraction of sp³-hybridized carbons (Fsp3) is 0.429. The predicted octanol–water partition coefficient (Wildman–Crippen LogP) is 3.56. The fourth-order valence-corrected chi connectivity index (χ4v) is 3.20. The van der Waals surface area contributed by atoms with Gasteiger partial charge in [0, 0.05) is 39.4 Å². The van der Waals surface area contributed by atoms with Crippen molar-refractivity contribution in [3.8, 4) is 5.75 Å². The largest absolute Gasteiger partial charge is 0.497 e. The first kappa shape index (κ1) is 22.3. The molecule has 7 heteroatoms. The number of aliphatic imine (C=N–C) groups is 1. The van der Waals surface area contributed by atoms with Crippen LogP contribution < -0.4 is 20.3 Å². The monoisotopic (exact) mass is 495 g/mol. The number of hydrogen-bond donors (Lipinski definition) is 2. The van der Waals surface area contributed by atoms with Crippen molar-refractivity contribution < 1.29 is 4.74 Å². The van der Waals surface area contributed by atoms with E-state index in [1.165, 1.54) is 30.4 Å². The van der Waals surface area contributed by atoms with Crippen LogP contribution in [0, 0.1) is 0 Å². The summed E-state index contributed by atoms with van der Waals surface area (Å²) in [5.74, 6) is 2.72. The topological polar surface area (TPSA) is 61.8 Å². The highest BCUT2D eigenvalue weighted by Crippen LogP contribution is 2.18. The van der Waals surface area contributed by atoms with Crippen molar-refractivity contribution in [3.63, 3.8) is 0 Å². The lowest BCUT2D eigenvalue weighted by Crippen LogP contribution is -2.36. The van der Waals surface area contributed by atoms with Crippen LogP contribution in [0.5, 0.6) is 5.75 Å². The third kappa shape index (κ3) is 6.54. The van der Waals surface area contributed by atoms with Gasteiger partial charge in [-0.15, -0.1) is 24.0 Å². The zero-order valence-corrected chi connectivity index (χ0v) is 19.0. The summed E-state index contributed by atoms with van der Waals surface area (Å²) in [6.07, 6.45) is 5.74. The van der Waals surface area contributed by atoms with Crippen LogP contribution in [-0.4, -0.2) is 38.2 Å². The Labute approximate surface area is 184 Å². The Kier molecular flexibility index (Phi) is 9.33. The van der Waals surface area contributed by atoms with Gasteiger partial charge in [0.05, 0.1) is 7.11 Å². The first-order chi connectivity index (χ1) is 13.3. The summed E-state index contributed by atoms with van der Waals surface area (Å²) in [4.78, 5) is 11.2. The highest BCUT2D eigenvalue weighted by molar-refractivity contribution is 14.0. The SMILES string of the molecule is CN=C(NCc1ccc(OC)cc1)NCc1ccnc(N2CCCCC2)c1.I. The molecule has 6 nitrogen and oxygen atoms in total. The third-order valence-electron chi connectivity index (χ3n) is 4.79. The van der Waals surface area contributed by atoms with E-state index in [2.05, 4.69) is 37.6 Å². The molecule has 0 saturated carbocycles. The number of piperidine rings is 1. The molecule has 1 fully saturated rings. The molecule has 0 unspecified atom stereocenters. The lowest BCUT2D eigenvalue weighted by atomic mass is 10.1. The van der Waals surface area contributed by atoms with Crippen LogP contribution in [-0.2, 0) is 13.1 Å². The number of nitrogens with zero attached hydrogens (tertiary/aromatic N) is 3. The summed E-state index contributed by atoms with van der Waals surface area (Å²) in [6.45, 7) is 3.63. The Bertz CT molecular complexity index is 745. The maximum Gasteiger partial charge on any atom is 0.191 e. The fourth-order valence-electron chi connectivity index (χ4n) is 3.20. The highest BCUT2D eigenvalue weighted by atomic mass is 127. The standard InChI is InChI=1S/C21H29N5O.HI/c1-22-21(24-15-17-6-8-19(27-2)9-7-17)25-16-18-10-11-23-20(14-18)26-12-4-3-5-13-26;/h6-11,14H,3-5,12-13,15-16H2,1-2H3,(H2,22,24,25);1H. The normalized spacial score (nSPS) is 14.2. The van der Waals surface area contributed by atoms with Gasteiger partial charge in [0.2, 0.25) is 0 Å². The maximum atomic E-state index is 5.19. The summed E-state index contributed by atoms with van der Waals surface area (Å²) < 4.78 is 5.19. The van der Waals surface area contributed by atoms with Crippen molar-refractivity contribution in [1.82, 2.24) is 15.6 Å². The van der Waals surface area contributed by atoms with Crippen LogP contribution >= 0.6 is 24.0 Å². The van der Waals surface area contributed by atoms with Gasteiger partial charge >= 0.3 is 0 Å². The molecule has 0 aliphatic carbocycles. The number of ether oxygens (including phenoxy) is 1. The molecule has 0 atom stereocenters. The summed E-state index contributed by atoms with van der Waals surface area (Å²) in [5.41, 5.74) is 2.38. The number of hydrogen-bond acceptors (Lipinski definition) is 4. The second kappa shape index (κ2) is 11.7. The van der Waals surface area contributed by atoms with Gasteiger partial charge in [-0.3, -0.25) is 4.99 Å². The van der Waals surface area contributed by atoms with Gasteiger partial charge in [0.25, 0.3) is 0 Å². The molecule has 1 aliphatic heterocycles. The Morgan fingerprint density at radius 3 is 2.36 bits per heavy atom. The summed E-state index contributed by atoms with van der Waals surface area (Å²) in [6, 6.07) is 12.3. The van der Waals surface area contributed by atoms with E-state index in [-0.39, 0.29) is 24.0 Å². The number of guanidine groups is 1. The average Bonchev–Trinajstić information content (AvgIpc) is 2.75. The van der Waals surface area contributed by atoms with Gasteiger partial charge in [-0.1, -0.05) is 12.1 Å². The number of methoxy groups -OCH3 is 1. The number of halogens is 1. The molecule has 1 aromatic heterocycles. The molecule has 1 aromatic carbocycles. The zero-order chi connectivity index (χ0) is 18.9. The van der Waals surface area contributed by atoms with E-state index in [0.29, 0.717) is 13.1 Å². The van der Waals surface area contributed by atoms with Gasteiger partial charge in [0.1, 0.15) is 11.6 Å². The summed E-state index contributed by atoms with van der Waals surface area (Å²) in [7, 11) is 3.46. The van der Waals surface area contributed by atoms with E-state index >= 15 is 0 Å². The van der Waals surface area contributed by atoms with Crippen molar-refractivity contribution in [1.29, 1.82) is 0 Å². The number of aromatic nitrogens is 1. The number of pyridine rings is 1. The quantitative estimate of drug-likeness (QED) is 0.365. The lowest BCUT2D eigenvalue weighted by Gasteiger charge is -2.28. The molecule has 0 spiro atoms. The second-order valence-corrected chi connectivity index (χ2v) is 6.70. The van der Waals surface area contributed by atoms with Crippen LogP contribution in [0.3, 0.4) is 0 Å². The van der Waals surface area contributed by atoms with Crippen molar-refractivity contribution in [2.24, 2.45) is 4.99 Å². The van der Waals surface area contributed by atoms with Gasteiger partial charge in [-0.2, -0.15) is 0 Å². The molecule has 3 rings (SSSR count). The van der Waals surface area contributed by atoms with Crippen molar-refractivity contribution in [2.75, 3.05) is 32.1 Å². The van der Waals surface area contributed by atoms with Gasteiger partial charge in [0.15, 0.2) is 5.96 Å². The number of nitrogens with one attached hydrogen (secondary N) is 2. The first-order valence-corrected chi connectivity index (χ1v) is 9.56. The Morgan fingerprint density at radius 2 is 1.71 bits per heavy atom. The molecule has 0 radical (unpaired) electrons. The van der Waals surface area contributed by atoms with Crippen LogP contribution in [0.2, 0.25) is 0 Å². The van der Waals surface area contributed by atoms with Crippen LogP contribution in [0.1, 0.15) is 30.4 Å². The van der Waals surface area contributed by atoms with Crippen molar-refractivity contribution in [2.45, 2.75) is 32.4 Å². The summed E-state index contributed by atoms with van der Waals surface area (Å²) in [5, 5.41) is 6.72. The Hall–Kier alpha value is -2.03. The molecule has 2 aromatic rings. The first-order valence-electron chi connectivity index (χ1n) is 9.56. The predicted molar refractivity (Wildman–Crippen MR) is 126 cm³/mol. The van der Waals surface area contributed by atoms with Crippen LogP contribution in [0.4, 0.5) is 5.82 Å². The van der Waals surface area contributed by atoms with Gasteiger partial charge in [-0.05, 0) is 54.7 Å². The highest BCUT2D eigenvalue weighted by Gasteiger charge is 2.12. The van der Waals surface area contributed by atoms with Gasteiger partial charge < -0.3 is 20.3 Å². The van der Waals surface area contributed by atoms with Crippen LogP contribution in [0.25, 0.3) is 0 Å². The molecule has 1 saturated heterocycles. The second-order valence-electron chi connectivity index (χ2n) is 6.70. The molecule has 152 valence electrons. The smallest absolute Gasteiger partial charge is 0.191 e. The molecule has 2 N–H and O–H groups in total. The van der Waals surface area contributed by atoms with E-state index < -0.39 is 0 Å². The van der Waals surface area contributed by atoms with Crippen LogP contribution in [0.15, 0.2) is 47.6 Å². The third-order valence-corrected chi connectivity index (χ3v) is 4.79.